The largest absolute Gasteiger partial charge is 0.456 e. The zero-order valence-electron chi connectivity index (χ0n) is 30.8. The Morgan fingerprint density at radius 3 is 1.87 bits per heavy atom. The fourth-order valence-corrected chi connectivity index (χ4v) is 9.16. The van der Waals surface area contributed by atoms with Gasteiger partial charge in [0.25, 0.3) is 0 Å². The van der Waals surface area contributed by atoms with Gasteiger partial charge in [-0.1, -0.05) is 147 Å². The van der Waals surface area contributed by atoms with Crippen molar-refractivity contribution in [2.24, 2.45) is 0 Å². The molecule has 0 saturated carbocycles. The van der Waals surface area contributed by atoms with Crippen LogP contribution in [0.2, 0.25) is 0 Å². The Labute approximate surface area is 321 Å². The van der Waals surface area contributed by atoms with Crippen molar-refractivity contribution in [1.29, 1.82) is 0 Å². The van der Waals surface area contributed by atoms with Crippen molar-refractivity contribution < 1.29 is 4.74 Å². The number of hydrogen-bond acceptors (Lipinski definition) is 2. The molecule has 1 aliphatic heterocycles. The van der Waals surface area contributed by atoms with E-state index in [0.717, 1.165) is 50.6 Å². The van der Waals surface area contributed by atoms with E-state index in [1.807, 2.05) is 0 Å². The first-order valence-electron chi connectivity index (χ1n) is 19.1. The van der Waals surface area contributed by atoms with E-state index >= 15 is 0 Å². The predicted octanol–water partition coefficient (Wildman–Crippen LogP) is 14.9. The first-order chi connectivity index (χ1) is 27.0. The normalized spacial score (nSPS) is 13.2. The number of rotatable bonds is 4. The minimum atomic E-state index is -0.133. The second-order valence-corrected chi connectivity index (χ2v) is 15.3. The van der Waals surface area contributed by atoms with E-state index in [9.17, 15) is 0 Å². The van der Waals surface area contributed by atoms with E-state index in [0.29, 0.717) is 0 Å². The fraction of sp³-hybridized carbons (Fsp3) is 0.0566. The number of anilines is 3. The van der Waals surface area contributed by atoms with Gasteiger partial charge in [-0.2, -0.15) is 0 Å². The smallest absolute Gasteiger partial charge is 0.137 e. The topological polar surface area (TPSA) is 12.5 Å². The number of benzene rings is 9. The van der Waals surface area contributed by atoms with E-state index in [-0.39, 0.29) is 5.41 Å². The molecule has 2 nitrogen and oxygen atoms in total. The minimum absolute atomic E-state index is 0.133. The number of hydrogen-bond donors (Lipinski definition) is 0. The molecule has 0 fully saturated rings. The lowest BCUT2D eigenvalue weighted by molar-refractivity contribution is 0.488. The molecule has 0 atom stereocenters. The summed E-state index contributed by atoms with van der Waals surface area (Å²) in [7, 11) is 0. The standard InChI is InChI=1S/C53H37NO/c1-53(2)46-23-11-10-20-42(46)43-29-28-40(33-47(43)53)54(39-18-4-3-5-19-39)48-24-13-25-49-52(48)44-22-12-21-41(38-27-26-34-14-6-7-15-35(34)30-38)51(44)45-31-36-16-8-9-17-37(36)32-50(45)55-49/h3-33H,1-2H3. The van der Waals surface area contributed by atoms with Crippen molar-refractivity contribution in [3.05, 3.63) is 199 Å². The summed E-state index contributed by atoms with van der Waals surface area (Å²) in [5.41, 5.74) is 15.3. The lowest BCUT2D eigenvalue weighted by atomic mass is 9.82. The molecular weight excluding hydrogens is 667 g/mol. The molecule has 55 heavy (non-hydrogen) atoms. The third-order valence-electron chi connectivity index (χ3n) is 11.8. The highest BCUT2D eigenvalue weighted by Gasteiger charge is 2.36. The maximum absolute atomic E-state index is 7.14. The molecule has 1 heterocycles. The number of nitrogens with zero attached hydrogens (tertiary/aromatic N) is 1. The molecule has 2 heteroatoms. The van der Waals surface area contributed by atoms with Gasteiger partial charge in [-0.05, 0) is 115 Å². The van der Waals surface area contributed by atoms with Crippen molar-refractivity contribution >= 4 is 38.6 Å². The van der Waals surface area contributed by atoms with Crippen LogP contribution in [0.4, 0.5) is 17.1 Å². The first kappa shape index (κ1) is 31.6. The van der Waals surface area contributed by atoms with Gasteiger partial charge in [0.2, 0.25) is 0 Å². The van der Waals surface area contributed by atoms with Crippen LogP contribution in [-0.2, 0) is 5.41 Å². The van der Waals surface area contributed by atoms with Gasteiger partial charge in [0, 0.05) is 33.5 Å². The van der Waals surface area contributed by atoms with Crippen LogP contribution in [0.5, 0.6) is 11.5 Å². The van der Waals surface area contributed by atoms with Gasteiger partial charge < -0.3 is 9.64 Å². The Morgan fingerprint density at radius 2 is 1.04 bits per heavy atom. The van der Waals surface area contributed by atoms with Crippen LogP contribution in [0.15, 0.2) is 188 Å². The monoisotopic (exact) mass is 703 g/mol. The second kappa shape index (κ2) is 12.1. The summed E-state index contributed by atoms with van der Waals surface area (Å²) in [5, 5.41) is 4.79. The van der Waals surface area contributed by atoms with Crippen molar-refractivity contribution in [3.63, 3.8) is 0 Å². The van der Waals surface area contributed by atoms with E-state index < -0.39 is 0 Å². The highest BCUT2D eigenvalue weighted by Crippen LogP contribution is 2.56. The Kier molecular flexibility index (Phi) is 6.93. The molecular formula is C53H37NO. The summed E-state index contributed by atoms with van der Waals surface area (Å²) in [5.74, 6) is 1.69. The van der Waals surface area contributed by atoms with Crippen molar-refractivity contribution in [2.75, 3.05) is 4.90 Å². The van der Waals surface area contributed by atoms with Gasteiger partial charge >= 0.3 is 0 Å². The van der Waals surface area contributed by atoms with Crippen molar-refractivity contribution in [2.45, 2.75) is 19.3 Å². The molecule has 0 aromatic heterocycles. The highest BCUT2D eigenvalue weighted by molar-refractivity contribution is 6.06. The lowest BCUT2D eigenvalue weighted by Crippen LogP contribution is -2.17. The van der Waals surface area contributed by atoms with Gasteiger partial charge in [0.1, 0.15) is 11.5 Å². The quantitative estimate of drug-likeness (QED) is 0.181. The first-order valence-corrected chi connectivity index (χ1v) is 19.1. The van der Waals surface area contributed by atoms with Crippen LogP contribution in [0.1, 0.15) is 25.0 Å². The molecule has 1 aliphatic carbocycles. The molecule has 0 radical (unpaired) electrons. The summed E-state index contributed by atoms with van der Waals surface area (Å²) in [6.07, 6.45) is 0. The SMILES string of the molecule is CC1(C)c2ccccc2-c2ccc(N(c3ccccc3)c3cccc4c3-c3cccc(-c5ccc6ccccc6c5)c3-c3cc5ccccc5cc3O4)cc21. The summed E-state index contributed by atoms with van der Waals surface area (Å²) >= 11 is 0. The highest BCUT2D eigenvalue weighted by atomic mass is 16.5. The summed E-state index contributed by atoms with van der Waals surface area (Å²) in [6, 6.07) is 68.4. The minimum Gasteiger partial charge on any atom is -0.456 e. The van der Waals surface area contributed by atoms with Crippen LogP contribution < -0.4 is 9.64 Å². The molecule has 9 aromatic carbocycles. The van der Waals surface area contributed by atoms with Crippen LogP contribution in [0, 0.1) is 0 Å². The summed E-state index contributed by atoms with van der Waals surface area (Å²) < 4.78 is 7.14. The molecule has 0 saturated heterocycles. The summed E-state index contributed by atoms with van der Waals surface area (Å²) in [4.78, 5) is 2.42. The van der Waals surface area contributed by atoms with E-state index in [1.54, 1.807) is 0 Å². The van der Waals surface area contributed by atoms with Gasteiger partial charge in [0.05, 0.1) is 5.69 Å². The third-order valence-corrected chi connectivity index (χ3v) is 11.8. The molecule has 11 rings (SSSR count). The molecule has 2 aliphatic rings. The maximum Gasteiger partial charge on any atom is 0.137 e. The Bertz CT molecular complexity index is 2990. The van der Waals surface area contributed by atoms with Crippen LogP contribution in [-0.4, -0.2) is 0 Å². The molecule has 0 spiro atoms. The third kappa shape index (κ3) is 4.88. The van der Waals surface area contributed by atoms with Crippen LogP contribution in [0.3, 0.4) is 0 Å². The lowest BCUT2D eigenvalue weighted by Gasteiger charge is -2.30. The number of ether oxygens (including phenoxy) is 1. The fourth-order valence-electron chi connectivity index (χ4n) is 9.16. The van der Waals surface area contributed by atoms with Crippen molar-refractivity contribution in [3.8, 4) is 56.0 Å². The predicted molar refractivity (Wildman–Crippen MR) is 230 cm³/mol. The van der Waals surface area contributed by atoms with E-state index in [4.69, 9.17) is 4.74 Å². The van der Waals surface area contributed by atoms with E-state index in [1.165, 1.54) is 55.1 Å². The Hall–Kier alpha value is -6.90. The summed E-state index contributed by atoms with van der Waals surface area (Å²) in [6.45, 7) is 4.70. The van der Waals surface area contributed by atoms with Gasteiger partial charge in [-0.15, -0.1) is 0 Å². The average molecular weight is 704 g/mol. The van der Waals surface area contributed by atoms with Gasteiger partial charge in [-0.25, -0.2) is 0 Å². The Morgan fingerprint density at radius 1 is 0.382 bits per heavy atom. The van der Waals surface area contributed by atoms with Gasteiger partial charge in [-0.3, -0.25) is 0 Å². The molecule has 0 unspecified atom stereocenters. The molecule has 0 amide bonds. The molecule has 260 valence electrons. The zero-order chi connectivity index (χ0) is 36.7. The Balaban J connectivity index is 1.19. The average Bonchev–Trinajstić information content (AvgIpc) is 3.36. The number of para-hydroxylation sites is 1. The number of fused-ring (bicyclic) bond motifs is 10. The maximum atomic E-state index is 7.14. The molecule has 9 aromatic rings. The van der Waals surface area contributed by atoms with E-state index in [2.05, 4.69) is 207 Å². The van der Waals surface area contributed by atoms with Crippen molar-refractivity contribution in [1.82, 2.24) is 0 Å². The molecule has 0 bridgehead atoms. The van der Waals surface area contributed by atoms with Gasteiger partial charge in [0.15, 0.2) is 0 Å². The zero-order valence-corrected chi connectivity index (χ0v) is 30.8. The van der Waals surface area contributed by atoms with Crippen LogP contribution in [0.25, 0.3) is 66.1 Å². The van der Waals surface area contributed by atoms with Crippen LogP contribution >= 0.6 is 0 Å². The second-order valence-electron chi connectivity index (χ2n) is 15.3. The molecule has 0 N–H and O–H groups in total.